The molecular formula is C14H12ClF3N2. The van der Waals surface area contributed by atoms with Crippen molar-refractivity contribution >= 4 is 11.6 Å². The number of nitrogens with zero attached hydrogens (tertiary/aromatic N) is 1. The lowest BCUT2D eigenvalue weighted by atomic mass is 10.00. The zero-order chi connectivity index (χ0) is 14.8. The van der Waals surface area contributed by atoms with Crippen molar-refractivity contribution in [3.63, 3.8) is 0 Å². The highest BCUT2D eigenvalue weighted by molar-refractivity contribution is 6.31. The molecule has 0 saturated heterocycles. The smallest absolute Gasteiger partial charge is 0.322 e. The fourth-order valence-corrected chi connectivity index (χ4v) is 2.16. The van der Waals surface area contributed by atoms with Gasteiger partial charge in [0.05, 0.1) is 17.3 Å². The molecule has 0 aliphatic rings. The van der Waals surface area contributed by atoms with Crippen molar-refractivity contribution in [2.24, 2.45) is 5.73 Å². The average Bonchev–Trinajstić information content (AvgIpc) is 2.40. The van der Waals surface area contributed by atoms with Crippen LogP contribution in [-0.4, -0.2) is 4.98 Å². The van der Waals surface area contributed by atoms with Gasteiger partial charge in [0.2, 0.25) is 0 Å². The van der Waals surface area contributed by atoms with Crippen LogP contribution in [0.5, 0.6) is 0 Å². The molecule has 0 fully saturated rings. The summed E-state index contributed by atoms with van der Waals surface area (Å²) in [7, 11) is 0. The van der Waals surface area contributed by atoms with Crippen LogP contribution in [0.4, 0.5) is 13.2 Å². The molecule has 0 bridgehead atoms. The highest BCUT2D eigenvalue weighted by Gasteiger charge is 2.35. The van der Waals surface area contributed by atoms with E-state index in [9.17, 15) is 13.2 Å². The monoisotopic (exact) mass is 300 g/mol. The minimum Gasteiger partial charge on any atom is -0.322 e. The number of rotatable bonds is 3. The molecule has 1 heterocycles. The van der Waals surface area contributed by atoms with Crippen LogP contribution < -0.4 is 5.73 Å². The third-order valence-electron chi connectivity index (χ3n) is 2.89. The first-order valence-corrected chi connectivity index (χ1v) is 6.28. The van der Waals surface area contributed by atoms with E-state index in [1.807, 2.05) is 0 Å². The van der Waals surface area contributed by atoms with Crippen molar-refractivity contribution in [3.8, 4) is 0 Å². The molecular weight excluding hydrogens is 289 g/mol. The Labute approximate surface area is 119 Å². The van der Waals surface area contributed by atoms with Gasteiger partial charge >= 0.3 is 6.18 Å². The molecule has 2 N–H and O–H groups in total. The molecule has 0 aliphatic carbocycles. The zero-order valence-corrected chi connectivity index (χ0v) is 11.1. The molecule has 1 atom stereocenters. The number of hydrogen-bond acceptors (Lipinski definition) is 2. The van der Waals surface area contributed by atoms with Gasteiger partial charge in [-0.2, -0.15) is 13.2 Å². The summed E-state index contributed by atoms with van der Waals surface area (Å²) in [5.74, 6) is 0. The maximum Gasteiger partial charge on any atom is 0.418 e. The van der Waals surface area contributed by atoms with E-state index < -0.39 is 17.8 Å². The molecule has 0 radical (unpaired) electrons. The molecule has 0 spiro atoms. The van der Waals surface area contributed by atoms with Gasteiger partial charge in [0.1, 0.15) is 0 Å². The second-order valence-corrected chi connectivity index (χ2v) is 4.74. The molecule has 2 nitrogen and oxygen atoms in total. The summed E-state index contributed by atoms with van der Waals surface area (Å²) in [6.45, 7) is 0. The Kier molecular flexibility index (Phi) is 4.30. The van der Waals surface area contributed by atoms with Crippen LogP contribution in [0.3, 0.4) is 0 Å². The predicted molar refractivity (Wildman–Crippen MR) is 71.3 cm³/mol. The molecule has 20 heavy (non-hydrogen) atoms. The first-order chi connectivity index (χ1) is 9.39. The number of alkyl halides is 3. The highest BCUT2D eigenvalue weighted by atomic mass is 35.5. The van der Waals surface area contributed by atoms with Gasteiger partial charge in [0, 0.05) is 11.2 Å². The summed E-state index contributed by atoms with van der Waals surface area (Å²) in [5.41, 5.74) is 5.59. The topological polar surface area (TPSA) is 38.9 Å². The summed E-state index contributed by atoms with van der Waals surface area (Å²) >= 11 is 5.99. The highest BCUT2D eigenvalue weighted by Crippen LogP contribution is 2.34. The zero-order valence-electron chi connectivity index (χ0n) is 10.4. The Morgan fingerprint density at radius 1 is 1.15 bits per heavy atom. The van der Waals surface area contributed by atoms with E-state index in [0.717, 1.165) is 6.07 Å². The van der Waals surface area contributed by atoms with Gasteiger partial charge in [-0.05, 0) is 30.2 Å². The summed E-state index contributed by atoms with van der Waals surface area (Å²) in [6.07, 6.45) is -2.97. The van der Waals surface area contributed by atoms with Crippen molar-refractivity contribution in [2.45, 2.75) is 18.6 Å². The molecule has 0 aliphatic heterocycles. The fraction of sp³-hybridized carbons (Fsp3) is 0.214. The summed E-state index contributed by atoms with van der Waals surface area (Å²) < 4.78 is 38.7. The molecule has 2 rings (SSSR count). The van der Waals surface area contributed by atoms with Crippen LogP contribution >= 0.6 is 11.6 Å². The fourth-order valence-electron chi connectivity index (χ4n) is 1.95. The summed E-state index contributed by atoms with van der Waals surface area (Å²) in [4.78, 5) is 3.78. The second-order valence-electron chi connectivity index (χ2n) is 4.34. The standard InChI is InChI=1S/C14H12ClF3N2/c15-11-6-2-1-4-9(11)8-12(19)13-10(14(16,17)18)5-3-7-20-13/h1-7,12H,8,19H2. The first kappa shape index (κ1) is 14.8. The Balaban J connectivity index is 2.31. The Morgan fingerprint density at radius 2 is 1.85 bits per heavy atom. The third kappa shape index (κ3) is 3.29. The molecule has 1 aromatic carbocycles. The number of aromatic nitrogens is 1. The maximum atomic E-state index is 12.9. The number of benzene rings is 1. The lowest BCUT2D eigenvalue weighted by Gasteiger charge is -2.17. The summed E-state index contributed by atoms with van der Waals surface area (Å²) in [6, 6.07) is 8.28. The van der Waals surface area contributed by atoms with E-state index in [4.69, 9.17) is 17.3 Å². The minimum absolute atomic E-state index is 0.167. The number of nitrogens with two attached hydrogens (primary N) is 1. The maximum absolute atomic E-state index is 12.9. The second kappa shape index (κ2) is 5.81. The average molecular weight is 301 g/mol. The Morgan fingerprint density at radius 3 is 2.50 bits per heavy atom. The van der Waals surface area contributed by atoms with Crippen LogP contribution in [0.25, 0.3) is 0 Å². The van der Waals surface area contributed by atoms with E-state index in [2.05, 4.69) is 4.98 Å². The SMILES string of the molecule is NC(Cc1ccccc1Cl)c1ncccc1C(F)(F)F. The minimum atomic E-state index is -4.47. The van der Waals surface area contributed by atoms with Crippen LogP contribution in [0, 0.1) is 0 Å². The quantitative estimate of drug-likeness (QED) is 0.930. The molecule has 106 valence electrons. The third-order valence-corrected chi connectivity index (χ3v) is 3.26. The van der Waals surface area contributed by atoms with Gasteiger partial charge in [-0.15, -0.1) is 0 Å². The van der Waals surface area contributed by atoms with Crippen molar-refractivity contribution in [3.05, 3.63) is 64.4 Å². The molecule has 0 saturated carbocycles. The van der Waals surface area contributed by atoms with Gasteiger partial charge in [-0.1, -0.05) is 29.8 Å². The summed E-state index contributed by atoms with van der Waals surface area (Å²) in [5, 5.41) is 0.479. The molecule has 0 amide bonds. The predicted octanol–water partition coefficient (Wildman–Crippen LogP) is 4.00. The molecule has 1 aromatic heterocycles. The van der Waals surface area contributed by atoms with Crippen LogP contribution in [0.15, 0.2) is 42.6 Å². The van der Waals surface area contributed by atoms with Gasteiger partial charge in [0.15, 0.2) is 0 Å². The van der Waals surface area contributed by atoms with E-state index in [1.54, 1.807) is 24.3 Å². The van der Waals surface area contributed by atoms with Crippen LogP contribution in [0.1, 0.15) is 22.9 Å². The number of halogens is 4. The lowest BCUT2D eigenvalue weighted by molar-refractivity contribution is -0.138. The molecule has 6 heteroatoms. The van der Waals surface area contributed by atoms with Crippen molar-refractivity contribution in [1.29, 1.82) is 0 Å². The Bertz CT molecular complexity index is 599. The molecule has 1 unspecified atom stereocenters. The van der Waals surface area contributed by atoms with Gasteiger partial charge in [0.25, 0.3) is 0 Å². The number of hydrogen-bond donors (Lipinski definition) is 1. The van der Waals surface area contributed by atoms with E-state index >= 15 is 0 Å². The number of pyridine rings is 1. The first-order valence-electron chi connectivity index (χ1n) is 5.90. The van der Waals surface area contributed by atoms with E-state index in [0.29, 0.717) is 10.6 Å². The van der Waals surface area contributed by atoms with Crippen LogP contribution in [0.2, 0.25) is 5.02 Å². The normalized spacial score (nSPS) is 13.2. The Hall–Kier alpha value is -1.59. The van der Waals surface area contributed by atoms with Crippen molar-refractivity contribution < 1.29 is 13.2 Å². The van der Waals surface area contributed by atoms with E-state index in [-0.39, 0.29) is 12.1 Å². The van der Waals surface area contributed by atoms with Gasteiger partial charge in [-0.3, -0.25) is 4.98 Å². The van der Waals surface area contributed by atoms with Crippen molar-refractivity contribution in [1.82, 2.24) is 4.98 Å². The van der Waals surface area contributed by atoms with E-state index in [1.165, 1.54) is 12.3 Å². The lowest BCUT2D eigenvalue weighted by Crippen LogP contribution is -2.21. The van der Waals surface area contributed by atoms with Crippen molar-refractivity contribution in [2.75, 3.05) is 0 Å². The molecule has 2 aromatic rings. The largest absolute Gasteiger partial charge is 0.418 e. The van der Waals surface area contributed by atoms with Gasteiger partial charge in [-0.25, -0.2) is 0 Å². The van der Waals surface area contributed by atoms with Gasteiger partial charge < -0.3 is 5.73 Å². The van der Waals surface area contributed by atoms with Crippen LogP contribution in [-0.2, 0) is 12.6 Å².